The third-order valence-electron chi connectivity index (χ3n) is 3.70. The molecular formula is C20H12Cl2F3NO2. The SMILES string of the molecule is O=C(Nc1cc(C(F)(F)F)ccc1Oc1ccc(Cl)cc1)c1ccc(Cl)cc1. The van der Waals surface area contributed by atoms with Gasteiger partial charge in [-0.15, -0.1) is 0 Å². The monoisotopic (exact) mass is 425 g/mol. The number of halogens is 5. The van der Waals surface area contributed by atoms with Gasteiger partial charge in [-0.25, -0.2) is 0 Å². The van der Waals surface area contributed by atoms with Gasteiger partial charge in [0.1, 0.15) is 5.75 Å². The number of nitrogens with one attached hydrogen (secondary N) is 1. The molecule has 0 aliphatic heterocycles. The van der Waals surface area contributed by atoms with Crippen molar-refractivity contribution in [2.24, 2.45) is 0 Å². The normalized spacial score (nSPS) is 11.2. The van der Waals surface area contributed by atoms with Crippen LogP contribution in [0.5, 0.6) is 11.5 Å². The Balaban J connectivity index is 1.94. The van der Waals surface area contributed by atoms with Crippen molar-refractivity contribution in [1.82, 2.24) is 0 Å². The van der Waals surface area contributed by atoms with E-state index >= 15 is 0 Å². The highest BCUT2D eigenvalue weighted by molar-refractivity contribution is 6.31. The molecule has 1 N–H and O–H groups in total. The molecule has 8 heteroatoms. The Morgan fingerprint density at radius 1 is 0.857 bits per heavy atom. The largest absolute Gasteiger partial charge is 0.455 e. The molecular weight excluding hydrogens is 414 g/mol. The summed E-state index contributed by atoms with van der Waals surface area (Å²) >= 11 is 11.6. The molecule has 0 heterocycles. The molecule has 3 rings (SSSR count). The van der Waals surface area contributed by atoms with E-state index in [0.29, 0.717) is 15.8 Å². The van der Waals surface area contributed by atoms with Crippen molar-refractivity contribution in [2.45, 2.75) is 6.18 Å². The maximum absolute atomic E-state index is 13.1. The van der Waals surface area contributed by atoms with Crippen LogP contribution in [-0.4, -0.2) is 5.91 Å². The maximum Gasteiger partial charge on any atom is 0.416 e. The quantitative estimate of drug-likeness (QED) is 0.485. The molecule has 0 saturated carbocycles. The second-order valence-electron chi connectivity index (χ2n) is 5.73. The minimum absolute atomic E-state index is 0.0534. The summed E-state index contributed by atoms with van der Waals surface area (Å²) in [7, 11) is 0. The highest BCUT2D eigenvalue weighted by atomic mass is 35.5. The van der Waals surface area contributed by atoms with E-state index in [0.717, 1.165) is 18.2 Å². The Morgan fingerprint density at radius 2 is 1.43 bits per heavy atom. The van der Waals surface area contributed by atoms with Crippen molar-refractivity contribution < 1.29 is 22.7 Å². The van der Waals surface area contributed by atoms with Crippen molar-refractivity contribution in [3.63, 3.8) is 0 Å². The summed E-state index contributed by atoms with van der Waals surface area (Å²) in [4.78, 5) is 12.4. The third kappa shape index (κ3) is 4.97. The van der Waals surface area contributed by atoms with Crippen LogP contribution in [0.25, 0.3) is 0 Å². The first-order chi connectivity index (χ1) is 13.2. The molecule has 0 fully saturated rings. The van der Waals surface area contributed by atoms with E-state index in [9.17, 15) is 18.0 Å². The first kappa shape index (κ1) is 20.0. The second-order valence-corrected chi connectivity index (χ2v) is 6.60. The van der Waals surface area contributed by atoms with Crippen LogP contribution in [0.2, 0.25) is 10.0 Å². The summed E-state index contributed by atoms with van der Waals surface area (Å²) in [5, 5.41) is 3.37. The second kappa shape index (κ2) is 8.12. The van der Waals surface area contributed by atoms with Gasteiger partial charge >= 0.3 is 6.18 Å². The lowest BCUT2D eigenvalue weighted by atomic mass is 10.1. The van der Waals surface area contributed by atoms with Gasteiger partial charge in [-0.3, -0.25) is 4.79 Å². The van der Waals surface area contributed by atoms with Crippen LogP contribution >= 0.6 is 23.2 Å². The highest BCUT2D eigenvalue weighted by Gasteiger charge is 2.31. The topological polar surface area (TPSA) is 38.3 Å². The average molecular weight is 426 g/mol. The lowest BCUT2D eigenvalue weighted by molar-refractivity contribution is -0.137. The lowest BCUT2D eigenvalue weighted by Gasteiger charge is -2.15. The number of carbonyl (C=O) groups excluding carboxylic acids is 1. The van der Waals surface area contributed by atoms with Gasteiger partial charge in [-0.2, -0.15) is 13.2 Å². The predicted molar refractivity (Wildman–Crippen MR) is 102 cm³/mol. The molecule has 144 valence electrons. The summed E-state index contributed by atoms with van der Waals surface area (Å²) in [6.07, 6.45) is -4.57. The van der Waals surface area contributed by atoms with Crippen LogP contribution in [0.3, 0.4) is 0 Å². The molecule has 0 bridgehead atoms. The molecule has 3 aromatic carbocycles. The fourth-order valence-corrected chi connectivity index (χ4v) is 2.57. The molecule has 3 aromatic rings. The minimum atomic E-state index is -4.57. The van der Waals surface area contributed by atoms with Gasteiger partial charge in [0.15, 0.2) is 5.75 Å². The van der Waals surface area contributed by atoms with Crippen molar-refractivity contribution >= 4 is 34.8 Å². The zero-order chi connectivity index (χ0) is 20.3. The summed E-state index contributed by atoms with van der Waals surface area (Å²) in [6, 6.07) is 15.1. The maximum atomic E-state index is 13.1. The molecule has 3 nitrogen and oxygen atoms in total. The minimum Gasteiger partial charge on any atom is -0.455 e. The molecule has 0 aromatic heterocycles. The predicted octanol–water partition coefficient (Wildman–Crippen LogP) is 7.06. The van der Waals surface area contributed by atoms with Crippen LogP contribution < -0.4 is 10.1 Å². The molecule has 0 aliphatic rings. The summed E-state index contributed by atoms with van der Waals surface area (Å²) in [6.45, 7) is 0. The van der Waals surface area contributed by atoms with Crippen LogP contribution in [-0.2, 0) is 6.18 Å². The Bertz CT molecular complexity index is 988. The van der Waals surface area contributed by atoms with Gasteiger partial charge in [0, 0.05) is 15.6 Å². The van der Waals surface area contributed by atoms with Gasteiger partial charge in [0.25, 0.3) is 5.91 Å². The van der Waals surface area contributed by atoms with Crippen molar-refractivity contribution in [3.05, 3.63) is 87.9 Å². The van der Waals surface area contributed by atoms with Crippen molar-refractivity contribution in [2.75, 3.05) is 5.32 Å². The van der Waals surface area contributed by atoms with Crippen molar-refractivity contribution in [3.8, 4) is 11.5 Å². The number of rotatable bonds is 4. The number of benzene rings is 3. The van der Waals surface area contributed by atoms with E-state index in [1.165, 1.54) is 24.3 Å². The molecule has 28 heavy (non-hydrogen) atoms. The fraction of sp³-hybridized carbons (Fsp3) is 0.0500. The van der Waals surface area contributed by atoms with E-state index in [2.05, 4.69) is 5.32 Å². The summed E-state index contributed by atoms with van der Waals surface area (Å²) in [5.41, 5.74) is -0.800. The lowest BCUT2D eigenvalue weighted by Crippen LogP contribution is -2.14. The Kier molecular flexibility index (Phi) is 5.82. The van der Waals surface area contributed by atoms with Crippen LogP contribution in [0, 0.1) is 0 Å². The van der Waals surface area contributed by atoms with E-state index in [-0.39, 0.29) is 17.0 Å². The van der Waals surface area contributed by atoms with E-state index in [1.807, 2.05) is 0 Å². The molecule has 0 radical (unpaired) electrons. The third-order valence-corrected chi connectivity index (χ3v) is 4.21. The zero-order valence-electron chi connectivity index (χ0n) is 14.1. The molecule has 0 spiro atoms. The number of hydrogen-bond acceptors (Lipinski definition) is 2. The van der Waals surface area contributed by atoms with Crippen LogP contribution in [0.1, 0.15) is 15.9 Å². The zero-order valence-corrected chi connectivity index (χ0v) is 15.6. The van der Waals surface area contributed by atoms with Crippen molar-refractivity contribution in [1.29, 1.82) is 0 Å². The Hall–Kier alpha value is -2.70. The molecule has 0 saturated heterocycles. The number of carbonyl (C=O) groups is 1. The number of amides is 1. The first-order valence-corrected chi connectivity index (χ1v) is 8.69. The number of ether oxygens (including phenoxy) is 1. The van der Waals surface area contributed by atoms with Crippen LogP contribution in [0.4, 0.5) is 18.9 Å². The summed E-state index contributed by atoms with van der Waals surface area (Å²) in [5.74, 6) is -0.194. The van der Waals surface area contributed by atoms with E-state index in [4.69, 9.17) is 27.9 Å². The van der Waals surface area contributed by atoms with Crippen LogP contribution in [0.15, 0.2) is 66.7 Å². The van der Waals surface area contributed by atoms with Gasteiger partial charge in [0.05, 0.1) is 11.3 Å². The highest BCUT2D eigenvalue weighted by Crippen LogP contribution is 2.37. The number of alkyl halides is 3. The number of hydrogen-bond donors (Lipinski definition) is 1. The summed E-state index contributed by atoms with van der Waals surface area (Å²) < 4.78 is 44.9. The fourth-order valence-electron chi connectivity index (χ4n) is 2.32. The number of anilines is 1. The Labute approximate surface area is 168 Å². The average Bonchev–Trinajstić information content (AvgIpc) is 2.64. The van der Waals surface area contributed by atoms with E-state index < -0.39 is 17.6 Å². The standard InChI is InChI=1S/C20H12Cl2F3NO2/c21-14-4-1-12(2-5-14)19(27)26-17-11-13(20(23,24)25)3-10-18(17)28-16-8-6-15(22)7-9-16/h1-11H,(H,26,27). The van der Waals surface area contributed by atoms with Gasteiger partial charge in [0.2, 0.25) is 0 Å². The molecule has 0 atom stereocenters. The van der Waals surface area contributed by atoms with Gasteiger partial charge in [-0.1, -0.05) is 23.2 Å². The molecule has 0 unspecified atom stereocenters. The first-order valence-electron chi connectivity index (χ1n) is 7.94. The molecule has 0 aliphatic carbocycles. The van der Waals surface area contributed by atoms with Gasteiger partial charge in [-0.05, 0) is 66.7 Å². The van der Waals surface area contributed by atoms with Gasteiger partial charge < -0.3 is 10.1 Å². The van der Waals surface area contributed by atoms with E-state index in [1.54, 1.807) is 24.3 Å². The Morgan fingerprint density at radius 3 is 2.00 bits per heavy atom. The smallest absolute Gasteiger partial charge is 0.416 e. The molecule has 1 amide bonds.